The van der Waals surface area contributed by atoms with E-state index in [0.717, 1.165) is 19.3 Å². The fraction of sp³-hybridized carbons (Fsp3) is 0.438. The van der Waals surface area contributed by atoms with Gasteiger partial charge in [0.05, 0.1) is 6.54 Å². The van der Waals surface area contributed by atoms with Gasteiger partial charge in [-0.05, 0) is 18.4 Å². The highest BCUT2D eigenvalue weighted by Crippen LogP contribution is 2.08. The standard InChI is InChI=1S/C16H23N5O/c1-3-7-14(10-13-8-5-4-6-9-13)19-16(22)21(2)11-15-17-12-18-20-15/h4-6,8-9,12,14H,3,7,10-11H2,1-2H3,(H,19,22)(H,17,18,20). The lowest BCUT2D eigenvalue weighted by atomic mass is 10.0. The Morgan fingerprint density at radius 2 is 2.14 bits per heavy atom. The third-order valence-electron chi connectivity index (χ3n) is 3.49. The van der Waals surface area contributed by atoms with Gasteiger partial charge in [-0.25, -0.2) is 9.78 Å². The van der Waals surface area contributed by atoms with E-state index in [2.05, 4.69) is 39.6 Å². The first-order chi connectivity index (χ1) is 10.7. The molecular weight excluding hydrogens is 278 g/mol. The van der Waals surface area contributed by atoms with E-state index in [1.165, 1.54) is 11.9 Å². The minimum absolute atomic E-state index is 0.0919. The van der Waals surface area contributed by atoms with Gasteiger partial charge in [0.1, 0.15) is 12.2 Å². The Morgan fingerprint density at radius 1 is 1.36 bits per heavy atom. The highest BCUT2D eigenvalue weighted by molar-refractivity contribution is 5.74. The van der Waals surface area contributed by atoms with Crippen LogP contribution in [-0.4, -0.2) is 39.2 Å². The van der Waals surface area contributed by atoms with Crippen molar-refractivity contribution in [3.05, 3.63) is 48.0 Å². The van der Waals surface area contributed by atoms with Crippen LogP contribution in [0.15, 0.2) is 36.7 Å². The minimum Gasteiger partial charge on any atom is -0.335 e. The number of amides is 2. The lowest BCUT2D eigenvalue weighted by Crippen LogP contribution is -2.43. The quantitative estimate of drug-likeness (QED) is 0.824. The van der Waals surface area contributed by atoms with Crippen molar-refractivity contribution in [3.8, 4) is 0 Å². The van der Waals surface area contributed by atoms with Crippen molar-refractivity contribution in [1.82, 2.24) is 25.4 Å². The number of rotatable bonds is 7. The van der Waals surface area contributed by atoms with Crippen LogP contribution in [0.5, 0.6) is 0 Å². The van der Waals surface area contributed by atoms with E-state index in [1.807, 2.05) is 18.2 Å². The largest absolute Gasteiger partial charge is 0.335 e. The fourth-order valence-corrected chi connectivity index (χ4v) is 2.36. The average Bonchev–Trinajstić information content (AvgIpc) is 3.01. The molecular formula is C16H23N5O. The average molecular weight is 301 g/mol. The van der Waals surface area contributed by atoms with Crippen molar-refractivity contribution in [2.75, 3.05) is 7.05 Å². The van der Waals surface area contributed by atoms with Crippen molar-refractivity contribution >= 4 is 6.03 Å². The van der Waals surface area contributed by atoms with Crippen LogP contribution in [0.4, 0.5) is 4.79 Å². The molecule has 0 spiro atoms. The van der Waals surface area contributed by atoms with Gasteiger partial charge < -0.3 is 10.2 Å². The second-order valence-electron chi connectivity index (χ2n) is 5.41. The molecule has 118 valence electrons. The van der Waals surface area contributed by atoms with Gasteiger partial charge in [0, 0.05) is 13.1 Å². The molecule has 6 nitrogen and oxygen atoms in total. The van der Waals surface area contributed by atoms with Crippen LogP contribution in [0, 0.1) is 0 Å². The summed E-state index contributed by atoms with van der Waals surface area (Å²) in [5, 5.41) is 9.65. The smallest absolute Gasteiger partial charge is 0.317 e. The monoisotopic (exact) mass is 301 g/mol. The molecule has 6 heteroatoms. The summed E-state index contributed by atoms with van der Waals surface area (Å²) >= 11 is 0. The molecule has 2 rings (SSSR count). The molecule has 0 saturated carbocycles. The molecule has 1 unspecified atom stereocenters. The zero-order valence-electron chi connectivity index (χ0n) is 13.1. The van der Waals surface area contributed by atoms with Crippen molar-refractivity contribution in [2.45, 2.75) is 38.8 Å². The highest BCUT2D eigenvalue weighted by atomic mass is 16.2. The van der Waals surface area contributed by atoms with Gasteiger partial charge in [-0.1, -0.05) is 43.7 Å². The van der Waals surface area contributed by atoms with Gasteiger partial charge in [-0.15, -0.1) is 0 Å². The molecule has 1 aromatic heterocycles. The van der Waals surface area contributed by atoms with Crippen LogP contribution in [-0.2, 0) is 13.0 Å². The molecule has 0 aliphatic carbocycles. The molecule has 2 aromatic rings. The Morgan fingerprint density at radius 3 is 2.77 bits per heavy atom. The molecule has 1 atom stereocenters. The van der Waals surface area contributed by atoms with Gasteiger partial charge in [0.15, 0.2) is 0 Å². The van der Waals surface area contributed by atoms with Crippen LogP contribution in [0.3, 0.4) is 0 Å². The zero-order valence-corrected chi connectivity index (χ0v) is 13.1. The van der Waals surface area contributed by atoms with E-state index in [1.54, 1.807) is 11.9 Å². The van der Waals surface area contributed by atoms with Crippen molar-refractivity contribution in [2.24, 2.45) is 0 Å². The predicted octanol–water partition coefficient (Wildman–Crippen LogP) is 2.36. The molecule has 0 fully saturated rings. The molecule has 22 heavy (non-hydrogen) atoms. The molecule has 0 radical (unpaired) electrons. The van der Waals surface area contributed by atoms with Gasteiger partial charge in [0.25, 0.3) is 0 Å². The lowest BCUT2D eigenvalue weighted by Gasteiger charge is -2.23. The van der Waals surface area contributed by atoms with Gasteiger partial charge >= 0.3 is 6.03 Å². The van der Waals surface area contributed by atoms with E-state index >= 15 is 0 Å². The summed E-state index contributed by atoms with van der Waals surface area (Å²) in [6.07, 6.45) is 4.27. The third-order valence-corrected chi connectivity index (χ3v) is 3.49. The maximum atomic E-state index is 12.3. The van der Waals surface area contributed by atoms with E-state index < -0.39 is 0 Å². The summed E-state index contributed by atoms with van der Waals surface area (Å²) in [4.78, 5) is 17.9. The van der Waals surface area contributed by atoms with E-state index in [9.17, 15) is 4.79 Å². The van der Waals surface area contributed by atoms with Crippen LogP contribution >= 0.6 is 0 Å². The van der Waals surface area contributed by atoms with Crippen molar-refractivity contribution in [3.63, 3.8) is 0 Å². The first-order valence-electron chi connectivity index (χ1n) is 7.58. The maximum Gasteiger partial charge on any atom is 0.317 e. The summed E-state index contributed by atoms with van der Waals surface area (Å²) in [6, 6.07) is 10.3. The minimum atomic E-state index is -0.0919. The van der Waals surface area contributed by atoms with Crippen LogP contribution in [0.25, 0.3) is 0 Å². The van der Waals surface area contributed by atoms with E-state index in [-0.39, 0.29) is 12.1 Å². The summed E-state index contributed by atoms with van der Waals surface area (Å²) in [6.45, 7) is 2.54. The highest BCUT2D eigenvalue weighted by Gasteiger charge is 2.16. The van der Waals surface area contributed by atoms with E-state index in [0.29, 0.717) is 12.4 Å². The van der Waals surface area contributed by atoms with Crippen LogP contribution in [0.2, 0.25) is 0 Å². The van der Waals surface area contributed by atoms with Crippen molar-refractivity contribution in [1.29, 1.82) is 0 Å². The second kappa shape index (κ2) is 8.17. The Balaban J connectivity index is 1.90. The number of hydrogen-bond donors (Lipinski definition) is 2. The summed E-state index contributed by atoms with van der Waals surface area (Å²) in [7, 11) is 1.75. The van der Waals surface area contributed by atoms with Gasteiger partial charge in [-0.3, -0.25) is 5.10 Å². The first-order valence-corrected chi connectivity index (χ1v) is 7.58. The van der Waals surface area contributed by atoms with Crippen molar-refractivity contribution < 1.29 is 4.79 Å². The van der Waals surface area contributed by atoms with Gasteiger partial charge in [0.2, 0.25) is 0 Å². The number of nitrogens with one attached hydrogen (secondary N) is 2. The molecule has 1 heterocycles. The second-order valence-corrected chi connectivity index (χ2v) is 5.41. The summed E-state index contributed by atoms with van der Waals surface area (Å²) in [5.74, 6) is 0.674. The third kappa shape index (κ3) is 4.87. The number of aromatic amines is 1. The number of hydrogen-bond acceptors (Lipinski definition) is 3. The molecule has 0 aliphatic heterocycles. The SMILES string of the molecule is CCCC(Cc1ccccc1)NC(=O)N(C)Cc1ncn[nH]1. The normalized spacial score (nSPS) is 11.9. The number of H-pyrrole nitrogens is 1. The maximum absolute atomic E-state index is 12.3. The number of nitrogens with zero attached hydrogens (tertiary/aromatic N) is 3. The Bertz CT molecular complexity index is 555. The zero-order chi connectivity index (χ0) is 15.8. The van der Waals surface area contributed by atoms with Gasteiger partial charge in [-0.2, -0.15) is 5.10 Å². The summed E-state index contributed by atoms with van der Waals surface area (Å²) < 4.78 is 0. The summed E-state index contributed by atoms with van der Waals surface area (Å²) in [5.41, 5.74) is 1.24. The Kier molecular flexibility index (Phi) is 5.94. The lowest BCUT2D eigenvalue weighted by molar-refractivity contribution is 0.200. The fourth-order valence-electron chi connectivity index (χ4n) is 2.36. The Labute approximate surface area is 130 Å². The first kappa shape index (κ1) is 16.0. The molecule has 0 bridgehead atoms. The number of carbonyl (C=O) groups is 1. The molecule has 0 aliphatic rings. The Hall–Kier alpha value is -2.37. The molecule has 0 saturated heterocycles. The van der Waals surface area contributed by atoms with Crippen LogP contribution < -0.4 is 5.32 Å². The molecule has 2 N–H and O–H groups in total. The topological polar surface area (TPSA) is 73.9 Å². The number of aromatic nitrogens is 3. The number of benzene rings is 1. The number of urea groups is 1. The molecule has 1 aromatic carbocycles. The predicted molar refractivity (Wildman–Crippen MR) is 85.2 cm³/mol. The van der Waals surface area contributed by atoms with E-state index in [4.69, 9.17) is 0 Å². The van der Waals surface area contributed by atoms with Crippen LogP contribution in [0.1, 0.15) is 31.2 Å². The molecule has 2 amide bonds. The number of carbonyl (C=O) groups excluding carboxylic acids is 1.